The smallest absolute Gasteiger partial charge is 0.285 e. The monoisotopic (exact) mass is 427 g/mol. The third kappa shape index (κ3) is 3.08. The Morgan fingerprint density at radius 2 is 1.72 bits per heavy atom. The molecule has 0 fully saturated rings. The van der Waals surface area contributed by atoms with Crippen molar-refractivity contribution >= 4 is 16.7 Å². The highest BCUT2D eigenvalue weighted by atomic mass is 16.5. The summed E-state index contributed by atoms with van der Waals surface area (Å²) in [5.41, 5.74) is 4.63. The SMILES string of the molecule is CCc1nn2c(nnc3c(=O)n(-c4cccc(OC)c4)ccc32)c1-c1ccc(OC)cc1. The highest BCUT2D eigenvalue weighted by Crippen LogP contribution is 2.30. The quantitative estimate of drug-likeness (QED) is 0.426. The van der Waals surface area contributed by atoms with Gasteiger partial charge in [0.2, 0.25) is 0 Å². The molecule has 0 atom stereocenters. The van der Waals surface area contributed by atoms with Gasteiger partial charge in [-0.2, -0.15) is 5.10 Å². The Bertz CT molecular complexity index is 1500. The summed E-state index contributed by atoms with van der Waals surface area (Å²) in [6.07, 6.45) is 2.44. The van der Waals surface area contributed by atoms with E-state index in [1.165, 1.54) is 4.57 Å². The van der Waals surface area contributed by atoms with Crippen molar-refractivity contribution in [3.05, 3.63) is 76.8 Å². The minimum atomic E-state index is -0.273. The van der Waals surface area contributed by atoms with Crippen LogP contribution in [0.5, 0.6) is 11.5 Å². The van der Waals surface area contributed by atoms with E-state index >= 15 is 0 Å². The Balaban J connectivity index is 1.72. The fourth-order valence-electron chi connectivity index (χ4n) is 3.86. The summed E-state index contributed by atoms with van der Waals surface area (Å²) < 4.78 is 13.8. The van der Waals surface area contributed by atoms with Gasteiger partial charge < -0.3 is 9.47 Å². The molecule has 5 rings (SSSR count). The summed E-state index contributed by atoms with van der Waals surface area (Å²) >= 11 is 0. The van der Waals surface area contributed by atoms with Crippen LogP contribution in [0.3, 0.4) is 0 Å². The van der Waals surface area contributed by atoms with Crippen LogP contribution in [0.4, 0.5) is 0 Å². The topological polar surface area (TPSA) is 83.5 Å². The molecule has 3 aromatic heterocycles. The van der Waals surface area contributed by atoms with Gasteiger partial charge in [0.1, 0.15) is 17.0 Å². The second-order valence-electron chi connectivity index (χ2n) is 7.27. The molecule has 0 saturated heterocycles. The fraction of sp³-hybridized carbons (Fsp3) is 0.167. The first-order valence-corrected chi connectivity index (χ1v) is 10.2. The van der Waals surface area contributed by atoms with Crippen LogP contribution in [0, 0.1) is 0 Å². The van der Waals surface area contributed by atoms with E-state index in [-0.39, 0.29) is 11.1 Å². The van der Waals surface area contributed by atoms with Gasteiger partial charge in [0, 0.05) is 12.3 Å². The van der Waals surface area contributed by atoms with E-state index in [1.807, 2.05) is 55.5 Å². The Kier molecular flexibility index (Phi) is 4.82. The zero-order valence-corrected chi connectivity index (χ0v) is 17.9. The highest BCUT2D eigenvalue weighted by molar-refractivity contribution is 5.85. The van der Waals surface area contributed by atoms with Crippen molar-refractivity contribution in [2.75, 3.05) is 14.2 Å². The lowest BCUT2D eigenvalue weighted by atomic mass is 10.0. The number of aromatic nitrogens is 5. The Labute approximate surface area is 183 Å². The number of fused-ring (bicyclic) bond motifs is 3. The average Bonchev–Trinajstić information content (AvgIpc) is 3.23. The largest absolute Gasteiger partial charge is 0.497 e. The second-order valence-corrected chi connectivity index (χ2v) is 7.27. The van der Waals surface area contributed by atoms with Crippen LogP contribution in [0.15, 0.2) is 65.6 Å². The number of aryl methyl sites for hydroxylation is 1. The minimum absolute atomic E-state index is 0.245. The van der Waals surface area contributed by atoms with Crippen LogP contribution >= 0.6 is 0 Å². The molecule has 2 aromatic carbocycles. The summed E-state index contributed by atoms with van der Waals surface area (Å²) in [5, 5.41) is 13.5. The van der Waals surface area contributed by atoms with Gasteiger partial charge in [0.05, 0.1) is 31.2 Å². The number of ether oxygens (including phenoxy) is 2. The van der Waals surface area contributed by atoms with Gasteiger partial charge in [0.15, 0.2) is 11.2 Å². The Morgan fingerprint density at radius 1 is 0.938 bits per heavy atom. The van der Waals surface area contributed by atoms with Crippen LogP contribution in [0.25, 0.3) is 33.5 Å². The van der Waals surface area contributed by atoms with Crippen LogP contribution < -0.4 is 15.0 Å². The predicted molar refractivity (Wildman–Crippen MR) is 122 cm³/mol. The first-order valence-electron chi connectivity index (χ1n) is 10.2. The molecule has 0 aliphatic carbocycles. The summed E-state index contributed by atoms with van der Waals surface area (Å²) in [6, 6.07) is 16.9. The van der Waals surface area contributed by atoms with E-state index in [0.717, 1.165) is 22.6 Å². The van der Waals surface area contributed by atoms with Gasteiger partial charge in [-0.15, -0.1) is 10.2 Å². The molecular weight excluding hydrogens is 406 g/mol. The van der Waals surface area contributed by atoms with Gasteiger partial charge >= 0.3 is 0 Å². The van der Waals surface area contributed by atoms with E-state index in [4.69, 9.17) is 14.6 Å². The Hall–Kier alpha value is -4.20. The van der Waals surface area contributed by atoms with Crippen LogP contribution in [0.2, 0.25) is 0 Å². The molecule has 8 nitrogen and oxygen atoms in total. The first-order chi connectivity index (χ1) is 15.6. The van der Waals surface area contributed by atoms with E-state index < -0.39 is 0 Å². The normalized spacial score (nSPS) is 11.2. The predicted octanol–water partition coefficient (Wildman–Crippen LogP) is 3.68. The molecular formula is C24H21N5O3. The number of hydrogen-bond acceptors (Lipinski definition) is 6. The number of nitrogens with zero attached hydrogens (tertiary/aromatic N) is 5. The molecule has 0 unspecified atom stereocenters. The molecule has 0 N–H and O–H groups in total. The summed E-state index contributed by atoms with van der Waals surface area (Å²) in [6.45, 7) is 2.04. The van der Waals surface area contributed by atoms with Crippen molar-refractivity contribution in [3.8, 4) is 28.3 Å². The number of pyridine rings is 1. The molecule has 0 bridgehead atoms. The van der Waals surface area contributed by atoms with Gasteiger partial charge in [-0.1, -0.05) is 25.1 Å². The molecule has 8 heteroatoms. The summed E-state index contributed by atoms with van der Waals surface area (Å²) in [7, 11) is 3.23. The molecule has 0 radical (unpaired) electrons. The number of methoxy groups -OCH3 is 2. The van der Waals surface area contributed by atoms with E-state index in [2.05, 4.69) is 10.2 Å². The maximum Gasteiger partial charge on any atom is 0.285 e. The molecule has 0 amide bonds. The number of benzene rings is 2. The van der Waals surface area contributed by atoms with E-state index in [9.17, 15) is 4.79 Å². The average molecular weight is 427 g/mol. The van der Waals surface area contributed by atoms with Gasteiger partial charge in [0.25, 0.3) is 5.56 Å². The van der Waals surface area contributed by atoms with Crippen molar-refractivity contribution in [2.24, 2.45) is 0 Å². The maximum absolute atomic E-state index is 13.2. The highest BCUT2D eigenvalue weighted by Gasteiger charge is 2.19. The number of rotatable bonds is 5. The second kappa shape index (κ2) is 7.81. The minimum Gasteiger partial charge on any atom is -0.497 e. The molecule has 0 spiro atoms. The van der Waals surface area contributed by atoms with Crippen molar-refractivity contribution in [3.63, 3.8) is 0 Å². The fourth-order valence-corrected chi connectivity index (χ4v) is 3.86. The maximum atomic E-state index is 13.2. The molecule has 0 aliphatic rings. The molecule has 3 heterocycles. The lowest BCUT2D eigenvalue weighted by molar-refractivity contribution is 0.414. The molecule has 0 aliphatic heterocycles. The van der Waals surface area contributed by atoms with E-state index in [1.54, 1.807) is 31.0 Å². The van der Waals surface area contributed by atoms with Crippen molar-refractivity contribution < 1.29 is 9.47 Å². The lowest BCUT2D eigenvalue weighted by Gasteiger charge is -2.09. The van der Waals surface area contributed by atoms with Gasteiger partial charge in [-0.25, -0.2) is 4.52 Å². The van der Waals surface area contributed by atoms with Crippen molar-refractivity contribution in [2.45, 2.75) is 13.3 Å². The molecule has 160 valence electrons. The zero-order valence-electron chi connectivity index (χ0n) is 17.9. The Morgan fingerprint density at radius 3 is 2.44 bits per heavy atom. The van der Waals surface area contributed by atoms with Crippen molar-refractivity contribution in [1.82, 2.24) is 24.4 Å². The molecule has 5 aromatic rings. The standard InChI is InChI=1S/C24H21N5O3/c1-4-19-21(15-8-10-17(31-2)11-9-15)23-26-25-22-20(29(23)27-19)12-13-28(24(22)30)16-6-5-7-18(14-16)32-3/h5-14H,4H2,1-3H3. The lowest BCUT2D eigenvalue weighted by Crippen LogP contribution is -2.20. The molecule has 0 saturated carbocycles. The zero-order chi connectivity index (χ0) is 22.2. The first kappa shape index (κ1) is 19.7. The third-order valence-corrected chi connectivity index (χ3v) is 5.50. The van der Waals surface area contributed by atoms with Crippen LogP contribution in [-0.2, 0) is 6.42 Å². The van der Waals surface area contributed by atoms with Crippen LogP contribution in [0.1, 0.15) is 12.6 Å². The summed E-state index contributed by atoms with van der Waals surface area (Å²) in [5.74, 6) is 1.44. The van der Waals surface area contributed by atoms with Gasteiger partial charge in [-0.3, -0.25) is 9.36 Å². The molecule has 32 heavy (non-hydrogen) atoms. The third-order valence-electron chi connectivity index (χ3n) is 5.50. The van der Waals surface area contributed by atoms with Crippen molar-refractivity contribution in [1.29, 1.82) is 0 Å². The number of hydrogen-bond donors (Lipinski definition) is 0. The van der Waals surface area contributed by atoms with Gasteiger partial charge in [-0.05, 0) is 42.3 Å². The van der Waals surface area contributed by atoms with E-state index in [0.29, 0.717) is 29.0 Å². The van der Waals surface area contributed by atoms with Crippen LogP contribution in [-0.4, -0.2) is 38.6 Å². The summed E-state index contributed by atoms with van der Waals surface area (Å²) in [4.78, 5) is 13.2.